The minimum atomic E-state index is -0.423. The van der Waals surface area contributed by atoms with Crippen LogP contribution in [0.5, 0.6) is 11.5 Å². The van der Waals surface area contributed by atoms with Crippen molar-refractivity contribution in [3.05, 3.63) is 57.7 Å². The zero-order valence-electron chi connectivity index (χ0n) is 17.8. The van der Waals surface area contributed by atoms with E-state index in [1.807, 2.05) is 13.8 Å². The molecular weight excluding hydrogens is 439 g/mol. The minimum Gasteiger partial charge on any atom is -0.490 e. The summed E-state index contributed by atoms with van der Waals surface area (Å²) >= 11 is 12.4. The number of nitrogens with one attached hydrogen (secondary N) is 1. The first-order chi connectivity index (χ1) is 14.8. The quantitative estimate of drug-likeness (QED) is 0.532. The van der Waals surface area contributed by atoms with Gasteiger partial charge in [0, 0.05) is 28.4 Å². The number of nitrogens with zero attached hydrogens (tertiary/aromatic N) is 1. The fourth-order valence-corrected chi connectivity index (χ4v) is 3.85. The van der Waals surface area contributed by atoms with E-state index in [0.29, 0.717) is 41.0 Å². The van der Waals surface area contributed by atoms with Crippen LogP contribution in [0.4, 0.5) is 5.69 Å². The van der Waals surface area contributed by atoms with Crippen LogP contribution in [-0.2, 0) is 9.59 Å². The second-order valence-electron chi connectivity index (χ2n) is 7.10. The van der Waals surface area contributed by atoms with Gasteiger partial charge in [0.25, 0.3) is 11.8 Å². The standard InChI is InChI=1S/C23H24Cl2N2O4/c1-5-30-18-10-8-15(12-19(18)31-6-2)26-21-20(16-9-7-14(24)11-17(16)25)22(28)27(13(3)4)23(21)29/h7-13,26H,5-6H2,1-4H3. The third-order valence-corrected chi connectivity index (χ3v) is 5.19. The lowest BCUT2D eigenvalue weighted by atomic mass is 10.0. The van der Waals surface area contributed by atoms with Crippen LogP contribution in [0, 0.1) is 0 Å². The zero-order chi connectivity index (χ0) is 22.7. The third-order valence-electron chi connectivity index (χ3n) is 4.64. The molecule has 31 heavy (non-hydrogen) atoms. The molecule has 0 atom stereocenters. The second kappa shape index (κ2) is 9.62. The summed E-state index contributed by atoms with van der Waals surface area (Å²) in [6, 6.07) is 9.75. The van der Waals surface area contributed by atoms with Crippen LogP contribution >= 0.6 is 23.2 Å². The van der Waals surface area contributed by atoms with Gasteiger partial charge in [-0.05, 0) is 52.0 Å². The average Bonchev–Trinajstić information content (AvgIpc) is 2.94. The summed E-state index contributed by atoms with van der Waals surface area (Å²) in [4.78, 5) is 27.5. The number of ether oxygens (including phenoxy) is 2. The molecule has 0 aromatic heterocycles. The number of hydrogen-bond donors (Lipinski definition) is 1. The summed E-state index contributed by atoms with van der Waals surface area (Å²) in [6.45, 7) is 8.27. The summed E-state index contributed by atoms with van der Waals surface area (Å²) in [5.74, 6) is 0.302. The van der Waals surface area contributed by atoms with E-state index in [2.05, 4.69) is 5.32 Å². The number of halogens is 2. The third kappa shape index (κ3) is 4.65. The summed E-state index contributed by atoms with van der Waals surface area (Å²) < 4.78 is 11.3. The molecule has 0 radical (unpaired) electrons. The second-order valence-corrected chi connectivity index (χ2v) is 7.94. The molecule has 1 heterocycles. The van der Waals surface area contributed by atoms with Crippen LogP contribution in [0.2, 0.25) is 10.0 Å². The van der Waals surface area contributed by atoms with Gasteiger partial charge in [-0.15, -0.1) is 0 Å². The van der Waals surface area contributed by atoms with Crippen molar-refractivity contribution in [1.29, 1.82) is 0 Å². The Balaban J connectivity index is 2.10. The van der Waals surface area contributed by atoms with Crippen LogP contribution in [0.25, 0.3) is 5.57 Å². The highest BCUT2D eigenvalue weighted by Gasteiger charge is 2.41. The molecule has 1 aliphatic heterocycles. The molecule has 0 spiro atoms. The van der Waals surface area contributed by atoms with Gasteiger partial charge in [-0.3, -0.25) is 14.5 Å². The largest absolute Gasteiger partial charge is 0.490 e. The Morgan fingerprint density at radius 2 is 1.61 bits per heavy atom. The summed E-state index contributed by atoms with van der Waals surface area (Å²) in [6.07, 6.45) is 0. The number of rotatable bonds is 8. The lowest BCUT2D eigenvalue weighted by molar-refractivity contribution is -0.138. The highest BCUT2D eigenvalue weighted by atomic mass is 35.5. The van der Waals surface area contributed by atoms with E-state index in [1.54, 1.807) is 50.2 Å². The fraction of sp³-hybridized carbons (Fsp3) is 0.304. The van der Waals surface area contributed by atoms with Gasteiger partial charge in [0.05, 0.1) is 23.8 Å². The first kappa shape index (κ1) is 23.0. The molecule has 0 bridgehead atoms. The average molecular weight is 463 g/mol. The minimum absolute atomic E-state index is 0.148. The van der Waals surface area contributed by atoms with E-state index in [4.69, 9.17) is 32.7 Å². The van der Waals surface area contributed by atoms with Crippen molar-refractivity contribution in [2.45, 2.75) is 33.7 Å². The maximum atomic E-state index is 13.2. The van der Waals surface area contributed by atoms with Gasteiger partial charge < -0.3 is 14.8 Å². The Morgan fingerprint density at radius 1 is 0.935 bits per heavy atom. The Kier molecular flexibility index (Phi) is 7.13. The molecule has 2 aromatic rings. The van der Waals surface area contributed by atoms with Crippen molar-refractivity contribution in [1.82, 2.24) is 4.90 Å². The molecule has 0 unspecified atom stereocenters. The van der Waals surface area contributed by atoms with Gasteiger partial charge in [-0.2, -0.15) is 0 Å². The van der Waals surface area contributed by atoms with E-state index in [-0.39, 0.29) is 22.3 Å². The SMILES string of the molecule is CCOc1ccc(NC2=C(c3ccc(Cl)cc3Cl)C(=O)N(C(C)C)C2=O)cc1OCC. The molecule has 3 rings (SSSR count). The van der Waals surface area contributed by atoms with Gasteiger partial charge >= 0.3 is 0 Å². The number of imide groups is 1. The smallest absolute Gasteiger partial charge is 0.278 e. The topological polar surface area (TPSA) is 67.9 Å². The van der Waals surface area contributed by atoms with Crippen LogP contribution < -0.4 is 14.8 Å². The monoisotopic (exact) mass is 462 g/mol. The molecule has 0 saturated carbocycles. The number of hydrogen-bond acceptors (Lipinski definition) is 5. The molecule has 1 aliphatic rings. The van der Waals surface area contributed by atoms with Crippen molar-refractivity contribution in [3.63, 3.8) is 0 Å². The molecule has 6 nitrogen and oxygen atoms in total. The summed E-state index contributed by atoms with van der Waals surface area (Å²) in [5, 5.41) is 3.83. The Labute approximate surface area is 191 Å². The number of anilines is 1. The van der Waals surface area contributed by atoms with E-state index in [1.165, 1.54) is 4.90 Å². The molecule has 164 valence electrons. The van der Waals surface area contributed by atoms with E-state index in [9.17, 15) is 9.59 Å². The van der Waals surface area contributed by atoms with Gasteiger partial charge in [-0.25, -0.2) is 0 Å². The van der Waals surface area contributed by atoms with Gasteiger partial charge in [0.15, 0.2) is 11.5 Å². The van der Waals surface area contributed by atoms with Crippen molar-refractivity contribution in [2.24, 2.45) is 0 Å². The van der Waals surface area contributed by atoms with E-state index in [0.717, 1.165) is 0 Å². The predicted molar refractivity (Wildman–Crippen MR) is 123 cm³/mol. The molecule has 1 N–H and O–H groups in total. The lowest BCUT2D eigenvalue weighted by Gasteiger charge is -2.19. The highest BCUT2D eigenvalue weighted by molar-refractivity contribution is 6.41. The normalized spacial score (nSPS) is 14.0. The lowest BCUT2D eigenvalue weighted by Crippen LogP contribution is -2.38. The Hall–Kier alpha value is -2.70. The van der Waals surface area contributed by atoms with Crippen molar-refractivity contribution in [2.75, 3.05) is 18.5 Å². The first-order valence-electron chi connectivity index (χ1n) is 10.0. The molecule has 0 saturated heterocycles. The number of carbonyl (C=O) groups excluding carboxylic acids is 2. The molecule has 2 aromatic carbocycles. The predicted octanol–water partition coefficient (Wildman–Crippen LogP) is 5.39. The number of carbonyl (C=O) groups is 2. The van der Waals surface area contributed by atoms with E-state index >= 15 is 0 Å². The van der Waals surface area contributed by atoms with Crippen molar-refractivity contribution < 1.29 is 19.1 Å². The van der Waals surface area contributed by atoms with Gasteiger partial charge in [-0.1, -0.05) is 29.3 Å². The van der Waals surface area contributed by atoms with Crippen LogP contribution in [-0.4, -0.2) is 36.0 Å². The van der Waals surface area contributed by atoms with Crippen LogP contribution in [0.3, 0.4) is 0 Å². The van der Waals surface area contributed by atoms with Crippen LogP contribution in [0.15, 0.2) is 42.1 Å². The summed E-state index contributed by atoms with van der Waals surface area (Å²) in [7, 11) is 0. The molecule has 0 aliphatic carbocycles. The number of amides is 2. The van der Waals surface area contributed by atoms with Crippen molar-refractivity contribution >= 4 is 46.3 Å². The van der Waals surface area contributed by atoms with E-state index < -0.39 is 11.8 Å². The van der Waals surface area contributed by atoms with Crippen LogP contribution in [0.1, 0.15) is 33.3 Å². The van der Waals surface area contributed by atoms with Gasteiger partial charge in [0.1, 0.15) is 5.70 Å². The first-order valence-corrected chi connectivity index (χ1v) is 10.8. The number of benzene rings is 2. The van der Waals surface area contributed by atoms with Crippen molar-refractivity contribution in [3.8, 4) is 11.5 Å². The summed E-state index contributed by atoms with van der Waals surface area (Å²) in [5.41, 5.74) is 1.36. The zero-order valence-corrected chi connectivity index (χ0v) is 19.3. The fourth-order valence-electron chi connectivity index (χ4n) is 3.35. The Morgan fingerprint density at radius 3 is 2.23 bits per heavy atom. The molecule has 2 amide bonds. The molecular formula is C23H24Cl2N2O4. The Bertz CT molecular complexity index is 1050. The molecule has 8 heteroatoms. The molecule has 0 fully saturated rings. The highest BCUT2D eigenvalue weighted by Crippen LogP contribution is 2.37. The maximum absolute atomic E-state index is 13.2. The van der Waals surface area contributed by atoms with Gasteiger partial charge in [0.2, 0.25) is 0 Å². The maximum Gasteiger partial charge on any atom is 0.278 e.